The highest BCUT2D eigenvalue weighted by Gasteiger charge is 2.11. The third-order valence-electron chi connectivity index (χ3n) is 3.62. The Balaban J connectivity index is 1.48. The van der Waals surface area contributed by atoms with Gasteiger partial charge in [0.2, 0.25) is 11.7 Å². The first-order chi connectivity index (χ1) is 13.0. The normalized spacial score (nSPS) is 10.4. The van der Waals surface area contributed by atoms with Crippen molar-refractivity contribution in [1.82, 2.24) is 15.5 Å². The molecular formula is C19H16ClN3O4. The molecule has 7 nitrogen and oxygen atoms in total. The van der Waals surface area contributed by atoms with Gasteiger partial charge in [0, 0.05) is 16.1 Å². The SMILES string of the molecule is CC(=O)c1ccc(OCC(=O)NCc2nc(-c3cccc(Cl)c3)no2)cc1. The molecule has 27 heavy (non-hydrogen) atoms. The van der Waals surface area contributed by atoms with Gasteiger partial charge in [-0.25, -0.2) is 0 Å². The Morgan fingerprint density at radius 2 is 1.96 bits per heavy atom. The molecule has 8 heteroatoms. The maximum atomic E-state index is 11.9. The molecule has 0 fully saturated rings. The molecule has 2 aromatic carbocycles. The number of hydrogen-bond donors (Lipinski definition) is 1. The fraction of sp³-hybridized carbons (Fsp3) is 0.158. The number of ketones is 1. The minimum Gasteiger partial charge on any atom is -0.484 e. The van der Waals surface area contributed by atoms with E-state index in [9.17, 15) is 9.59 Å². The number of nitrogens with zero attached hydrogens (tertiary/aromatic N) is 2. The number of nitrogens with one attached hydrogen (secondary N) is 1. The van der Waals surface area contributed by atoms with Gasteiger partial charge in [-0.05, 0) is 43.3 Å². The molecule has 0 radical (unpaired) electrons. The number of rotatable bonds is 7. The Hall–Kier alpha value is -3.19. The van der Waals surface area contributed by atoms with E-state index in [0.29, 0.717) is 22.2 Å². The Kier molecular flexibility index (Phi) is 5.83. The highest BCUT2D eigenvalue weighted by atomic mass is 35.5. The number of hydrogen-bond acceptors (Lipinski definition) is 6. The predicted octanol–water partition coefficient (Wildman–Crippen LogP) is 3.29. The van der Waals surface area contributed by atoms with Crippen LogP contribution in [0.4, 0.5) is 0 Å². The Bertz CT molecular complexity index is 954. The fourth-order valence-corrected chi connectivity index (χ4v) is 2.42. The van der Waals surface area contributed by atoms with E-state index >= 15 is 0 Å². The van der Waals surface area contributed by atoms with E-state index in [1.54, 1.807) is 42.5 Å². The summed E-state index contributed by atoms with van der Waals surface area (Å²) >= 11 is 5.94. The molecular weight excluding hydrogens is 370 g/mol. The third-order valence-corrected chi connectivity index (χ3v) is 3.85. The van der Waals surface area contributed by atoms with Crippen LogP contribution < -0.4 is 10.1 Å². The summed E-state index contributed by atoms with van der Waals surface area (Å²) in [6.07, 6.45) is 0. The molecule has 0 atom stereocenters. The standard InChI is InChI=1S/C19H16ClN3O4/c1-12(24)13-5-7-16(8-6-13)26-11-17(25)21-10-18-22-19(23-27-18)14-3-2-4-15(20)9-14/h2-9H,10-11H2,1H3,(H,21,25). The Morgan fingerprint density at radius 1 is 1.19 bits per heavy atom. The molecule has 0 unspecified atom stereocenters. The minimum absolute atomic E-state index is 0.0315. The fourth-order valence-electron chi connectivity index (χ4n) is 2.23. The molecule has 0 aliphatic carbocycles. The summed E-state index contributed by atoms with van der Waals surface area (Å²) in [5, 5.41) is 7.07. The number of ether oxygens (including phenoxy) is 1. The highest BCUT2D eigenvalue weighted by Crippen LogP contribution is 2.19. The smallest absolute Gasteiger partial charge is 0.258 e. The molecule has 1 amide bonds. The van der Waals surface area contributed by atoms with Gasteiger partial charge in [0.1, 0.15) is 5.75 Å². The first-order valence-electron chi connectivity index (χ1n) is 8.10. The van der Waals surface area contributed by atoms with Crippen molar-refractivity contribution in [2.24, 2.45) is 0 Å². The summed E-state index contributed by atoms with van der Waals surface area (Å²) < 4.78 is 10.5. The van der Waals surface area contributed by atoms with Crippen molar-refractivity contribution >= 4 is 23.3 Å². The first kappa shape index (κ1) is 18.6. The zero-order valence-electron chi connectivity index (χ0n) is 14.4. The van der Waals surface area contributed by atoms with Crippen LogP contribution >= 0.6 is 11.6 Å². The highest BCUT2D eigenvalue weighted by molar-refractivity contribution is 6.30. The van der Waals surface area contributed by atoms with Crippen molar-refractivity contribution in [2.75, 3.05) is 6.61 Å². The summed E-state index contributed by atoms with van der Waals surface area (Å²) in [5.41, 5.74) is 1.31. The zero-order valence-corrected chi connectivity index (χ0v) is 15.2. The van der Waals surface area contributed by atoms with Crippen molar-refractivity contribution in [3.05, 3.63) is 65.0 Å². The second-order valence-corrected chi connectivity index (χ2v) is 6.10. The molecule has 0 aliphatic heterocycles. The van der Waals surface area contributed by atoms with Gasteiger partial charge in [-0.15, -0.1) is 0 Å². The zero-order chi connectivity index (χ0) is 19.2. The predicted molar refractivity (Wildman–Crippen MR) is 98.5 cm³/mol. The largest absolute Gasteiger partial charge is 0.484 e. The second-order valence-electron chi connectivity index (χ2n) is 5.67. The van der Waals surface area contributed by atoms with Crippen LogP contribution in [0.5, 0.6) is 5.75 Å². The van der Waals surface area contributed by atoms with Gasteiger partial charge in [-0.2, -0.15) is 4.98 Å². The van der Waals surface area contributed by atoms with E-state index in [1.807, 2.05) is 6.07 Å². The molecule has 1 heterocycles. The van der Waals surface area contributed by atoms with Crippen molar-refractivity contribution in [3.63, 3.8) is 0 Å². The molecule has 3 aromatic rings. The van der Waals surface area contributed by atoms with E-state index in [2.05, 4.69) is 15.5 Å². The molecule has 0 saturated heterocycles. The van der Waals surface area contributed by atoms with Crippen LogP contribution in [0.3, 0.4) is 0 Å². The van der Waals surface area contributed by atoms with Gasteiger partial charge >= 0.3 is 0 Å². The van der Waals surface area contributed by atoms with E-state index in [4.69, 9.17) is 20.9 Å². The van der Waals surface area contributed by atoms with Crippen molar-refractivity contribution in [1.29, 1.82) is 0 Å². The molecule has 0 aliphatic rings. The second kappa shape index (κ2) is 8.46. The van der Waals surface area contributed by atoms with Gasteiger partial charge < -0.3 is 14.6 Å². The van der Waals surface area contributed by atoms with E-state index in [0.717, 1.165) is 5.56 Å². The molecule has 0 bridgehead atoms. The average Bonchev–Trinajstić information content (AvgIpc) is 3.14. The van der Waals surface area contributed by atoms with Gasteiger partial charge in [-0.1, -0.05) is 28.9 Å². The minimum atomic E-state index is -0.340. The third kappa shape index (κ3) is 5.15. The Morgan fingerprint density at radius 3 is 2.67 bits per heavy atom. The quantitative estimate of drug-likeness (QED) is 0.627. The molecule has 0 spiro atoms. The summed E-state index contributed by atoms with van der Waals surface area (Å²) in [4.78, 5) is 27.3. The first-order valence-corrected chi connectivity index (χ1v) is 8.48. The number of aromatic nitrogens is 2. The van der Waals surface area contributed by atoms with Crippen LogP contribution in [0.1, 0.15) is 23.2 Å². The number of halogens is 1. The van der Waals surface area contributed by atoms with E-state index in [1.165, 1.54) is 6.92 Å². The van der Waals surface area contributed by atoms with E-state index < -0.39 is 0 Å². The van der Waals surface area contributed by atoms with Crippen molar-refractivity contribution in [2.45, 2.75) is 13.5 Å². The topological polar surface area (TPSA) is 94.3 Å². The molecule has 1 aromatic heterocycles. The lowest BCUT2D eigenvalue weighted by molar-refractivity contribution is -0.123. The molecule has 3 rings (SSSR count). The monoisotopic (exact) mass is 385 g/mol. The van der Waals surface area contributed by atoms with Crippen molar-refractivity contribution < 1.29 is 18.8 Å². The number of amides is 1. The van der Waals surface area contributed by atoms with E-state index in [-0.39, 0.29) is 30.7 Å². The number of benzene rings is 2. The molecule has 0 saturated carbocycles. The average molecular weight is 386 g/mol. The summed E-state index contributed by atoms with van der Waals surface area (Å²) in [7, 11) is 0. The van der Waals surface area contributed by atoms with Gasteiger partial charge in [0.05, 0.1) is 6.54 Å². The Labute approximate surface area is 160 Å². The summed E-state index contributed by atoms with van der Waals surface area (Å²) in [6.45, 7) is 1.40. The number of carbonyl (C=O) groups is 2. The van der Waals surface area contributed by atoms with Crippen molar-refractivity contribution in [3.8, 4) is 17.1 Å². The van der Waals surface area contributed by atoms with Gasteiger partial charge in [0.15, 0.2) is 12.4 Å². The lowest BCUT2D eigenvalue weighted by atomic mass is 10.1. The number of carbonyl (C=O) groups excluding carboxylic acids is 2. The summed E-state index contributed by atoms with van der Waals surface area (Å²) in [5.74, 6) is 0.785. The molecule has 1 N–H and O–H groups in total. The van der Waals surface area contributed by atoms with Crippen LogP contribution in [-0.2, 0) is 11.3 Å². The van der Waals surface area contributed by atoms with Crippen LogP contribution in [-0.4, -0.2) is 28.4 Å². The maximum Gasteiger partial charge on any atom is 0.258 e. The van der Waals surface area contributed by atoms with Gasteiger partial charge in [0.25, 0.3) is 5.91 Å². The molecule has 138 valence electrons. The lowest BCUT2D eigenvalue weighted by Crippen LogP contribution is -2.28. The van der Waals surface area contributed by atoms with Gasteiger partial charge in [-0.3, -0.25) is 9.59 Å². The maximum absolute atomic E-state index is 11.9. The van der Waals surface area contributed by atoms with Crippen LogP contribution in [0.2, 0.25) is 5.02 Å². The number of Topliss-reactive ketones (excluding diaryl/α,β-unsaturated/α-hetero) is 1. The van der Waals surface area contributed by atoms with Crippen LogP contribution in [0.25, 0.3) is 11.4 Å². The van der Waals surface area contributed by atoms with Crippen LogP contribution in [0, 0.1) is 0 Å². The lowest BCUT2D eigenvalue weighted by Gasteiger charge is -2.06. The summed E-state index contributed by atoms with van der Waals surface area (Å²) in [6, 6.07) is 13.6. The van der Waals surface area contributed by atoms with Crippen LogP contribution in [0.15, 0.2) is 53.1 Å².